The van der Waals surface area contributed by atoms with E-state index < -0.39 is 9.85 Å². The van der Waals surface area contributed by atoms with E-state index in [9.17, 15) is 20.2 Å². The monoisotopic (exact) mass is 290 g/mol. The minimum Gasteiger partial charge on any atom is -0.349 e. The van der Waals surface area contributed by atoms with Gasteiger partial charge in [0.2, 0.25) is 0 Å². The zero-order valence-electron chi connectivity index (χ0n) is 11.1. The number of nitro groups is 2. The van der Waals surface area contributed by atoms with Crippen LogP contribution in [0.25, 0.3) is 0 Å². The lowest BCUT2D eigenvalue weighted by Gasteiger charge is -2.04. The van der Waals surface area contributed by atoms with Crippen molar-refractivity contribution >= 4 is 11.4 Å². The Balaban J connectivity index is 2.29. The molecule has 0 aliphatic carbocycles. The smallest absolute Gasteiger partial charge is 0.281 e. The summed E-state index contributed by atoms with van der Waals surface area (Å²) in [7, 11) is 0. The number of benzene rings is 1. The van der Waals surface area contributed by atoms with Crippen molar-refractivity contribution in [2.45, 2.75) is 13.0 Å². The first-order valence-corrected chi connectivity index (χ1v) is 6.27. The molecule has 0 unspecified atom stereocenters. The van der Waals surface area contributed by atoms with Crippen molar-refractivity contribution in [3.05, 3.63) is 68.0 Å². The second kappa shape index (κ2) is 6.14. The van der Waals surface area contributed by atoms with Gasteiger partial charge in [0, 0.05) is 24.0 Å². The lowest BCUT2D eigenvalue weighted by molar-refractivity contribution is -0.394. The highest BCUT2D eigenvalue weighted by Gasteiger charge is 2.19. The van der Waals surface area contributed by atoms with Crippen LogP contribution in [0.4, 0.5) is 11.4 Å². The molecule has 21 heavy (non-hydrogen) atoms. The van der Waals surface area contributed by atoms with E-state index in [1.54, 1.807) is 10.8 Å². The summed E-state index contributed by atoms with van der Waals surface area (Å²) in [6.45, 7) is 0.806. The maximum atomic E-state index is 11.1. The summed E-state index contributed by atoms with van der Waals surface area (Å²) in [4.78, 5) is 20.5. The van der Waals surface area contributed by atoms with E-state index in [2.05, 4.69) is 0 Å². The Morgan fingerprint density at radius 2 is 1.90 bits per heavy atom. The highest BCUT2D eigenvalue weighted by atomic mass is 16.6. The summed E-state index contributed by atoms with van der Waals surface area (Å²) in [5, 5.41) is 21.7. The van der Waals surface area contributed by atoms with Crippen LogP contribution in [-0.2, 0) is 13.0 Å². The molecular weight excluding hydrogens is 276 g/mol. The van der Waals surface area contributed by atoms with Gasteiger partial charge in [0.25, 0.3) is 11.4 Å². The van der Waals surface area contributed by atoms with E-state index in [0.717, 1.165) is 18.1 Å². The minimum atomic E-state index is -0.647. The molecule has 0 radical (unpaired) electrons. The van der Waals surface area contributed by atoms with Crippen LogP contribution in [0, 0.1) is 20.2 Å². The number of nitro benzene ring substituents is 2. The zero-order chi connectivity index (χ0) is 15.4. The van der Waals surface area contributed by atoms with Crippen molar-refractivity contribution in [3.8, 4) is 0 Å². The molecule has 0 aliphatic rings. The molecule has 0 amide bonds. The molecule has 0 saturated carbocycles. The lowest BCUT2D eigenvalue weighted by Crippen LogP contribution is -2.03. The predicted octanol–water partition coefficient (Wildman–Crippen LogP) is 1.85. The third-order valence-corrected chi connectivity index (χ3v) is 3.07. The van der Waals surface area contributed by atoms with Crippen LogP contribution >= 0.6 is 0 Å². The predicted molar refractivity (Wildman–Crippen MR) is 76.0 cm³/mol. The van der Waals surface area contributed by atoms with Crippen LogP contribution in [0.3, 0.4) is 0 Å². The van der Waals surface area contributed by atoms with E-state index in [0.29, 0.717) is 12.1 Å². The molecule has 8 nitrogen and oxygen atoms in total. The zero-order valence-corrected chi connectivity index (χ0v) is 11.1. The van der Waals surface area contributed by atoms with Crippen molar-refractivity contribution in [2.75, 3.05) is 6.54 Å². The summed E-state index contributed by atoms with van der Waals surface area (Å²) in [6, 6.07) is 5.56. The Bertz CT molecular complexity index is 681. The van der Waals surface area contributed by atoms with Gasteiger partial charge in [-0.3, -0.25) is 20.2 Å². The molecule has 8 heteroatoms. The van der Waals surface area contributed by atoms with Gasteiger partial charge in [0.15, 0.2) is 0 Å². The van der Waals surface area contributed by atoms with E-state index in [1.165, 1.54) is 12.1 Å². The van der Waals surface area contributed by atoms with Gasteiger partial charge in [-0.1, -0.05) is 0 Å². The van der Waals surface area contributed by atoms with Crippen molar-refractivity contribution < 1.29 is 9.85 Å². The van der Waals surface area contributed by atoms with Crippen LogP contribution in [0.2, 0.25) is 0 Å². The van der Waals surface area contributed by atoms with Crippen LogP contribution in [0.15, 0.2) is 36.7 Å². The summed E-state index contributed by atoms with van der Waals surface area (Å²) in [6.07, 6.45) is 4.39. The SMILES string of the molecule is NCCc1ccn(Cc2ccc([N+](=O)[O-])cc2[N+](=O)[O-])c1. The summed E-state index contributed by atoms with van der Waals surface area (Å²) < 4.78 is 1.79. The molecule has 0 bridgehead atoms. The van der Waals surface area contributed by atoms with Crippen molar-refractivity contribution in [2.24, 2.45) is 5.73 Å². The van der Waals surface area contributed by atoms with Gasteiger partial charge in [-0.25, -0.2) is 0 Å². The molecule has 0 fully saturated rings. The second-order valence-corrected chi connectivity index (χ2v) is 4.56. The van der Waals surface area contributed by atoms with Crippen LogP contribution in [0.1, 0.15) is 11.1 Å². The number of aromatic nitrogens is 1. The van der Waals surface area contributed by atoms with E-state index in [-0.39, 0.29) is 17.9 Å². The molecule has 0 atom stereocenters. The Hall–Kier alpha value is -2.74. The number of rotatable bonds is 6. The third kappa shape index (κ3) is 3.42. The van der Waals surface area contributed by atoms with Crippen molar-refractivity contribution in [1.82, 2.24) is 4.57 Å². The number of hydrogen-bond acceptors (Lipinski definition) is 5. The maximum Gasteiger partial charge on any atom is 0.281 e. The highest BCUT2D eigenvalue weighted by Crippen LogP contribution is 2.25. The molecule has 1 aromatic heterocycles. The molecule has 1 aromatic carbocycles. The van der Waals surface area contributed by atoms with Gasteiger partial charge < -0.3 is 10.3 Å². The molecule has 110 valence electrons. The van der Waals surface area contributed by atoms with Gasteiger partial charge in [-0.05, 0) is 30.7 Å². The number of non-ortho nitro benzene ring substituents is 1. The molecule has 2 N–H and O–H groups in total. The molecule has 1 heterocycles. The Morgan fingerprint density at radius 1 is 1.14 bits per heavy atom. The number of hydrogen-bond donors (Lipinski definition) is 1. The normalized spacial score (nSPS) is 10.5. The van der Waals surface area contributed by atoms with Gasteiger partial charge in [0.1, 0.15) is 0 Å². The fourth-order valence-electron chi connectivity index (χ4n) is 2.07. The molecule has 0 aliphatic heterocycles. The Morgan fingerprint density at radius 3 is 2.52 bits per heavy atom. The number of nitrogens with zero attached hydrogens (tertiary/aromatic N) is 3. The Kier molecular flexibility index (Phi) is 4.29. The summed E-state index contributed by atoms with van der Waals surface area (Å²) in [5.41, 5.74) is 6.39. The van der Waals surface area contributed by atoms with E-state index >= 15 is 0 Å². The standard InChI is InChI=1S/C13H14N4O4/c14-5-3-10-4-6-15(8-10)9-11-1-2-12(16(18)19)7-13(11)17(20)21/h1-2,4,6-8H,3,5,9,14H2. The topological polar surface area (TPSA) is 117 Å². The highest BCUT2D eigenvalue weighted by molar-refractivity contribution is 5.49. The molecule has 2 aromatic rings. The largest absolute Gasteiger partial charge is 0.349 e. The average Bonchev–Trinajstić information content (AvgIpc) is 2.86. The van der Waals surface area contributed by atoms with Gasteiger partial charge in [-0.15, -0.1) is 0 Å². The maximum absolute atomic E-state index is 11.1. The second-order valence-electron chi connectivity index (χ2n) is 4.56. The average molecular weight is 290 g/mol. The van der Waals surface area contributed by atoms with E-state index in [4.69, 9.17) is 5.73 Å². The molecule has 0 saturated heterocycles. The summed E-state index contributed by atoms with van der Waals surface area (Å²) in [5.74, 6) is 0. The lowest BCUT2D eigenvalue weighted by atomic mass is 10.1. The fourth-order valence-corrected chi connectivity index (χ4v) is 2.07. The van der Waals surface area contributed by atoms with Gasteiger partial charge in [-0.2, -0.15) is 0 Å². The first kappa shape index (κ1) is 14.7. The fraction of sp³-hybridized carbons (Fsp3) is 0.231. The van der Waals surface area contributed by atoms with E-state index in [1.807, 2.05) is 12.3 Å². The molecule has 2 rings (SSSR count). The molecular formula is C13H14N4O4. The van der Waals surface area contributed by atoms with Gasteiger partial charge in [0.05, 0.1) is 22.5 Å². The van der Waals surface area contributed by atoms with Crippen LogP contribution < -0.4 is 5.73 Å². The Labute approximate surface area is 120 Å². The number of nitrogens with two attached hydrogens (primary N) is 1. The van der Waals surface area contributed by atoms with Crippen LogP contribution in [-0.4, -0.2) is 21.0 Å². The summed E-state index contributed by atoms with van der Waals surface area (Å²) >= 11 is 0. The third-order valence-electron chi connectivity index (χ3n) is 3.07. The first-order chi connectivity index (χ1) is 10.0. The van der Waals surface area contributed by atoms with Crippen molar-refractivity contribution in [3.63, 3.8) is 0 Å². The molecule has 0 spiro atoms. The van der Waals surface area contributed by atoms with Crippen molar-refractivity contribution in [1.29, 1.82) is 0 Å². The minimum absolute atomic E-state index is 0.252. The van der Waals surface area contributed by atoms with Crippen LogP contribution in [0.5, 0.6) is 0 Å². The quantitative estimate of drug-likeness (QED) is 0.643. The first-order valence-electron chi connectivity index (χ1n) is 6.27. The van der Waals surface area contributed by atoms with Gasteiger partial charge >= 0.3 is 0 Å².